The molecule has 3 atom stereocenters. The number of halogens is 1. The summed E-state index contributed by atoms with van der Waals surface area (Å²) in [5.41, 5.74) is 0. The summed E-state index contributed by atoms with van der Waals surface area (Å²) >= 11 is 0. The molecule has 2 heteroatoms. The van der Waals surface area contributed by atoms with Crippen LogP contribution in [-0.4, -0.2) is 17.9 Å². The molecule has 0 aliphatic carbocycles. The van der Waals surface area contributed by atoms with Gasteiger partial charge < -0.3 is 5.11 Å². The van der Waals surface area contributed by atoms with E-state index < -0.39 is 6.17 Å². The quantitative estimate of drug-likeness (QED) is 0.621. The Kier molecular flexibility index (Phi) is 3.78. The summed E-state index contributed by atoms with van der Waals surface area (Å²) in [6, 6.07) is 0. The van der Waals surface area contributed by atoms with Crippen LogP contribution in [-0.2, 0) is 0 Å². The number of rotatable bonds is 3. The molecule has 0 radical (unpaired) electrons. The zero-order valence-electron chi connectivity index (χ0n) is 6.26. The van der Waals surface area contributed by atoms with Gasteiger partial charge in [0.15, 0.2) is 0 Å². The number of alkyl halides is 1. The second kappa shape index (κ2) is 3.83. The summed E-state index contributed by atoms with van der Waals surface area (Å²) in [4.78, 5) is 0. The van der Waals surface area contributed by atoms with Crippen molar-refractivity contribution in [3.8, 4) is 0 Å². The molecule has 0 saturated carbocycles. The summed E-state index contributed by atoms with van der Waals surface area (Å²) in [5.74, 6) is 0.0417. The van der Waals surface area contributed by atoms with Crippen molar-refractivity contribution >= 4 is 0 Å². The van der Waals surface area contributed by atoms with Gasteiger partial charge in [0.25, 0.3) is 0 Å². The lowest BCUT2D eigenvalue weighted by atomic mass is 9.93. The van der Waals surface area contributed by atoms with Gasteiger partial charge in [0.1, 0.15) is 6.17 Å². The predicted octanol–water partition coefficient (Wildman–Crippen LogP) is 1.61. The molecule has 0 aliphatic rings. The van der Waals surface area contributed by atoms with Crippen LogP contribution in [0.2, 0.25) is 0 Å². The Labute approximate surface area is 55.9 Å². The molecule has 0 aromatic heterocycles. The van der Waals surface area contributed by atoms with E-state index in [1.165, 1.54) is 6.92 Å². The SMILES string of the molecule is CC(CO)C(C)[C@@H](C)F. The highest BCUT2D eigenvalue weighted by Crippen LogP contribution is 2.16. The van der Waals surface area contributed by atoms with Crippen LogP contribution >= 0.6 is 0 Å². The second-order valence-corrected chi connectivity index (χ2v) is 2.70. The molecule has 0 bridgehead atoms. The molecule has 0 heterocycles. The van der Waals surface area contributed by atoms with Crippen LogP contribution in [0, 0.1) is 11.8 Å². The van der Waals surface area contributed by atoms with E-state index in [0.717, 1.165) is 0 Å². The standard InChI is InChI=1S/C7H15FO/c1-5(4-9)6(2)7(3)8/h5-7,9H,4H2,1-3H3/t5?,6?,7-/m1/s1. The zero-order chi connectivity index (χ0) is 7.44. The van der Waals surface area contributed by atoms with Crippen molar-refractivity contribution in [1.29, 1.82) is 0 Å². The maximum absolute atomic E-state index is 12.4. The summed E-state index contributed by atoms with van der Waals surface area (Å²) in [5, 5.41) is 8.59. The first-order valence-electron chi connectivity index (χ1n) is 3.34. The zero-order valence-corrected chi connectivity index (χ0v) is 6.26. The Morgan fingerprint density at radius 1 is 1.33 bits per heavy atom. The van der Waals surface area contributed by atoms with E-state index in [0.29, 0.717) is 0 Å². The number of aliphatic hydroxyl groups excluding tert-OH is 1. The highest BCUT2D eigenvalue weighted by Gasteiger charge is 2.16. The fraction of sp³-hybridized carbons (Fsp3) is 1.00. The molecule has 0 aromatic carbocycles. The van der Waals surface area contributed by atoms with Gasteiger partial charge in [-0.15, -0.1) is 0 Å². The van der Waals surface area contributed by atoms with Gasteiger partial charge in [-0.05, 0) is 18.8 Å². The summed E-state index contributed by atoms with van der Waals surface area (Å²) in [6.07, 6.45) is -0.813. The van der Waals surface area contributed by atoms with Crippen molar-refractivity contribution in [2.75, 3.05) is 6.61 Å². The number of hydrogen-bond donors (Lipinski definition) is 1. The largest absolute Gasteiger partial charge is 0.396 e. The van der Waals surface area contributed by atoms with Crippen LogP contribution in [0.3, 0.4) is 0 Å². The molecular weight excluding hydrogens is 119 g/mol. The Bertz CT molecular complexity index is 73.3. The third kappa shape index (κ3) is 2.80. The van der Waals surface area contributed by atoms with E-state index in [-0.39, 0.29) is 18.4 Å². The van der Waals surface area contributed by atoms with Crippen molar-refractivity contribution < 1.29 is 9.50 Å². The highest BCUT2D eigenvalue weighted by atomic mass is 19.1. The molecule has 1 N–H and O–H groups in total. The minimum Gasteiger partial charge on any atom is -0.396 e. The Hall–Kier alpha value is -0.110. The van der Waals surface area contributed by atoms with Crippen molar-refractivity contribution in [2.24, 2.45) is 11.8 Å². The molecule has 56 valence electrons. The maximum atomic E-state index is 12.4. The van der Waals surface area contributed by atoms with E-state index in [9.17, 15) is 4.39 Å². The molecule has 0 rings (SSSR count). The third-order valence-corrected chi connectivity index (χ3v) is 1.91. The van der Waals surface area contributed by atoms with Crippen LogP contribution < -0.4 is 0 Å². The summed E-state index contributed by atoms with van der Waals surface area (Å²) in [7, 11) is 0. The van der Waals surface area contributed by atoms with Crippen LogP contribution in [0.1, 0.15) is 20.8 Å². The van der Waals surface area contributed by atoms with Gasteiger partial charge in [0, 0.05) is 6.61 Å². The average Bonchev–Trinajstić information content (AvgIpc) is 1.84. The minimum absolute atomic E-state index is 0.0324. The predicted molar refractivity (Wildman–Crippen MR) is 36.0 cm³/mol. The van der Waals surface area contributed by atoms with E-state index in [1.807, 2.05) is 13.8 Å². The Morgan fingerprint density at radius 2 is 1.78 bits per heavy atom. The molecular formula is C7H15FO. The van der Waals surface area contributed by atoms with E-state index in [4.69, 9.17) is 5.11 Å². The molecule has 0 fully saturated rings. The van der Waals surface area contributed by atoms with Gasteiger partial charge in [-0.25, -0.2) is 4.39 Å². The Balaban J connectivity index is 3.58. The van der Waals surface area contributed by atoms with Gasteiger partial charge in [0.2, 0.25) is 0 Å². The normalized spacial score (nSPS) is 21.0. The fourth-order valence-corrected chi connectivity index (χ4v) is 0.619. The molecule has 9 heavy (non-hydrogen) atoms. The van der Waals surface area contributed by atoms with E-state index in [1.54, 1.807) is 0 Å². The molecule has 0 aliphatic heterocycles. The second-order valence-electron chi connectivity index (χ2n) is 2.70. The molecule has 0 amide bonds. The first-order chi connectivity index (χ1) is 4.09. The molecule has 0 spiro atoms. The topological polar surface area (TPSA) is 20.2 Å². The van der Waals surface area contributed by atoms with Gasteiger partial charge >= 0.3 is 0 Å². The van der Waals surface area contributed by atoms with E-state index >= 15 is 0 Å². The van der Waals surface area contributed by atoms with E-state index in [2.05, 4.69) is 0 Å². The lowest BCUT2D eigenvalue weighted by molar-refractivity contribution is 0.139. The monoisotopic (exact) mass is 134 g/mol. The van der Waals surface area contributed by atoms with Crippen LogP contribution in [0.25, 0.3) is 0 Å². The average molecular weight is 134 g/mol. The van der Waals surface area contributed by atoms with Gasteiger partial charge in [-0.3, -0.25) is 0 Å². The summed E-state index contributed by atoms with van der Waals surface area (Å²) in [6.45, 7) is 5.26. The lowest BCUT2D eigenvalue weighted by Gasteiger charge is -2.18. The first-order valence-corrected chi connectivity index (χ1v) is 3.34. The van der Waals surface area contributed by atoms with Crippen LogP contribution in [0.15, 0.2) is 0 Å². The van der Waals surface area contributed by atoms with Crippen LogP contribution in [0.4, 0.5) is 4.39 Å². The van der Waals surface area contributed by atoms with Crippen molar-refractivity contribution in [2.45, 2.75) is 26.9 Å². The molecule has 0 aromatic rings. The van der Waals surface area contributed by atoms with Gasteiger partial charge in [0.05, 0.1) is 0 Å². The Morgan fingerprint density at radius 3 is 1.89 bits per heavy atom. The van der Waals surface area contributed by atoms with Crippen molar-refractivity contribution in [3.05, 3.63) is 0 Å². The fourth-order valence-electron chi connectivity index (χ4n) is 0.619. The number of aliphatic hydroxyl groups is 1. The van der Waals surface area contributed by atoms with Crippen molar-refractivity contribution in [1.82, 2.24) is 0 Å². The molecule has 0 saturated heterocycles. The molecule has 2 unspecified atom stereocenters. The summed E-state index contributed by atoms with van der Waals surface area (Å²) < 4.78 is 12.4. The lowest BCUT2D eigenvalue weighted by Crippen LogP contribution is -2.19. The number of hydrogen-bond acceptors (Lipinski definition) is 1. The smallest absolute Gasteiger partial charge is 0.100 e. The van der Waals surface area contributed by atoms with Crippen molar-refractivity contribution in [3.63, 3.8) is 0 Å². The van der Waals surface area contributed by atoms with Crippen LogP contribution in [0.5, 0.6) is 0 Å². The highest BCUT2D eigenvalue weighted by molar-refractivity contribution is 4.65. The molecule has 1 nitrogen and oxygen atoms in total. The van der Waals surface area contributed by atoms with Gasteiger partial charge in [-0.1, -0.05) is 13.8 Å². The van der Waals surface area contributed by atoms with Gasteiger partial charge in [-0.2, -0.15) is 0 Å². The first kappa shape index (κ1) is 8.89. The maximum Gasteiger partial charge on any atom is 0.100 e. The third-order valence-electron chi connectivity index (χ3n) is 1.91. The minimum atomic E-state index is -0.813.